The molecular formula is C19H24N6O. The summed E-state index contributed by atoms with van der Waals surface area (Å²) in [4.78, 5) is 4.10. The average Bonchev–Trinajstić information content (AvgIpc) is 3.32. The lowest BCUT2D eigenvalue weighted by Gasteiger charge is -2.23. The van der Waals surface area contributed by atoms with Crippen LogP contribution in [0.25, 0.3) is 0 Å². The van der Waals surface area contributed by atoms with Crippen LogP contribution < -0.4 is 15.5 Å². The van der Waals surface area contributed by atoms with Gasteiger partial charge in [0, 0.05) is 58.3 Å². The summed E-state index contributed by atoms with van der Waals surface area (Å²) < 4.78 is 5.99. The highest BCUT2D eigenvalue weighted by Crippen LogP contribution is 2.20. The number of rotatable bonds is 6. The van der Waals surface area contributed by atoms with Crippen LogP contribution in [0.15, 0.2) is 40.1 Å². The van der Waals surface area contributed by atoms with Crippen LogP contribution in [-0.2, 0) is 6.42 Å². The van der Waals surface area contributed by atoms with Gasteiger partial charge < -0.3 is 24.9 Å². The molecule has 7 nitrogen and oxygen atoms in total. The number of anilines is 1. The number of hydrogen-bond donors (Lipinski definition) is 2. The lowest BCUT2D eigenvalue weighted by Crippen LogP contribution is -2.33. The van der Waals surface area contributed by atoms with Gasteiger partial charge in [0.25, 0.3) is 0 Å². The van der Waals surface area contributed by atoms with E-state index in [1.807, 2.05) is 36.2 Å². The molecule has 7 heteroatoms. The maximum absolute atomic E-state index is 9.07. The summed E-state index contributed by atoms with van der Waals surface area (Å²) in [5.41, 5.74) is 0.138. The zero-order valence-electron chi connectivity index (χ0n) is 15.0. The fraction of sp³-hybridized carbons (Fsp3) is 0.474. The van der Waals surface area contributed by atoms with Gasteiger partial charge in [0.1, 0.15) is 23.7 Å². The van der Waals surface area contributed by atoms with Crippen molar-refractivity contribution in [2.24, 2.45) is 0 Å². The number of allylic oxidation sites excluding steroid dienone is 1. The third-order valence-corrected chi connectivity index (χ3v) is 4.74. The van der Waals surface area contributed by atoms with E-state index in [1.54, 1.807) is 0 Å². The zero-order valence-corrected chi connectivity index (χ0v) is 15.0. The van der Waals surface area contributed by atoms with E-state index in [0.717, 1.165) is 57.2 Å². The summed E-state index contributed by atoms with van der Waals surface area (Å²) >= 11 is 0. The van der Waals surface area contributed by atoms with Crippen molar-refractivity contribution < 1.29 is 4.42 Å². The second-order valence-electron chi connectivity index (χ2n) is 6.54. The number of nitrogens with zero attached hydrogens (tertiary/aromatic N) is 4. The summed E-state index contributed by atoms with van der Waals surface area (Å²) in [6.07, 6.45) is 6.28. The minimum absolute atomic E-state index is 0.138. The van der Waals surface area contributed by atoms with Gasteiger partial charge in [-0.25, -0.2) is 0 Å². The van der Waals surface area contributed by atoms with Gasteiger partial charge in [0.2, 0.25) is 0 Å². The number of nitrogens with one attached hydrogen (secondary N) is 2. The fourth-order valence-corrected chi connectivity index (χ4v) is 3.26. The molecule has 1 aromatic heterocycles. The molecule has 26 heavy (non-hydrogen) atoms. The van der Waals surface area contributed by atoms with Crippen molar-refractivity contribution in [3.05, 3.63) is 41.4 Å². The molecule has 2 aliphatic heterocycles. The Kier molecular flexibility index (Phi) is 5.83. The Balaban J connectivity index is 1.55. The molecule has 1 aromatic rings. The van der Waals surface area contributed by atoms with Crippen molar-refractivity contribution >= 4 is 5.88 Å². The smallest absolute Gasteiger partial charge is 0.195 e. The molecule has 2 aliphatic rings. The van der Waals surface area contributed by atoms with Crippen LogP contribution >= 0.6 is 0 Å². The zero-order chi connectivity index (χ0) is 18.4. The molecule has 3 heterocycles. The maximum atomic E-state index is 9.07. The average molecular weight is 352 g/mol. The summed E-state index contributed by atoms with van der Waals surface area (Å²) in [5, 5.41) is 24.7. The van der Waals surface area contributed by atoms with Crippen LogP contribution in [-0.4, -0.2) is 50.7 Å². The van der Waals surface area contributed by atoms with Gasteiger partial charge in [-0.1, -0.05) is 12.2 Å². The second-order valence-corrected chi connectivity index (χ2v) is 6.54. The van der Waals surface area contributed by atoms with E-state index in [2.05, 4.69) is 27.7 Å². The molecule has 1 fully saturated rings. The van der Waals surface area contributed by atoms with E-state index in [0.29, 0.717) is 11.9 Å². The first-order valence-electron chi connectivity index (χ1n) is 8.92. The molecule has 1 unspecified atom stereocenters. The molecule has 0 saturated carbocycles. The minimum atomic E-state index is 0.138. The van der Waals surface area contributed by atoms with E-state index >= 15 is 0 Å². The molecule has 136 valence electrons. The summed E-state index contributed by atoms with van der Waals surface area (Å²) in [6.45, 7) is 3.93. The quantitative estimate of drug-likeness (QED) is 0.590. The van der Waals surface area contributed by atoms with Crippen molar-refractivity contribution in [1.82, 2.24) is 15.5 Å². The van der Waals surface area contributed by atoms with E-state index < -0.39 is 0 Å². The lowest BCUT2D eigenvalue weighted by molar-refractivity contribution is 0.393. The Morgan fingerprint density at radius 3 is 2.92 bits per heavy atom. The molecule has 2 N–H and O–H groups in total. The third-order valence-electron chi connectivity index (χ3n) is 4.74. The third kappa shape index (κ3) is 4.19. The molecule has 0 bridgehead atoms. The van der Waals surface area contributed by atoms with Gasteiger partial charge in [-0.15, -0.1) is 0 Å². The van der Waals surface area contributed by atoms with Crippen molar-refractivity contribution in [2.45, 2.75) is 18.9 Å². The highest BCUT2D eigenvalue weighted by molar-refractivity contribution is 5.40. The highest BCUT2D eigenvalue weighted by atomic mass is 16.4. The fourth-order valence-electron chi connectivity index (χ4n) is 3.26. The predicted octanol–water partition coefficient (Wildman–Crippen LogP) is 1.34. The Hall–Kier alpha value is -2.90. The van der Waals surface area contributed by atoms with Crippen LogP contribution in [0.2, 0.25) is 0 Å². The monoisotopic (exact) mass is 352 g/mol. The van der Waals surface area contributed by atoms with Gasteiger partial charge in [0.15, 0.2) is 11.5 Å². The topological polar surface area (TPSA) is 91.3 Å². The Morgan fingerprint density at radius 2 is 2.19 bits per heavy atom. The maximum Gasteiger partial charge on any atom is 0.195 e. The first-order chi connectivity index (χ1) is 12.7. The molecule has 0 radical (unpaired) electrons. The molecular weight excluding hydrogens is 328 g/mol. The van der Waals surface area contributed by atoms with Crippen LogP contribution in [0, 0.1) is 22.7 Å². The Bertz CT molecular complexity index is 750. The van der Waals surface area contributed by atoms with E-state index in [9.17, 15) is 0 Å². The van der Waals surface area contributed by atoms with Gasteiger partial charge in [-0.05, 0) is 12.5 Å². The normalized spacial score (nSPS) is 19.0. The van der Waals surface area contributed by atoms with Crippen LogP contribution in [0.3, 0.4) is 0 Å². The number of furan rings is 1. The first-order valence-corrected chi connectivity index (χ1v) is 8.92. The Morgan fingerprint density at radius 1 is 1.35 bits per heavy atom. The van der Waals surface area contributed by atoms with Gasteiger partial charge in [-0.2, -0.15) is 10.5 Å². The molecule has 1 saturated heterocycles. The number of nitriles is 2. The van der Waals surface area contributed by atoms with Gasteiger partial charge >= 0.3 is 0 Å². The summed E-state index contributed by atoms with van der Waals surface area (Å²) in [6, 6.07) is 8.39. The SMILES string of the molecule is CN(CCN1CCNC1=C(C#N)C#N)c1ccc(CC2CC=CCN2)o1. The standard InChI is InChI=1S/C19H24N6O/c1-24(10-11-25-9-8-23-19(25)15(13-20)14-21)18-6-5-17(26-18)12-16-4-2-3-7-22-16/h2-3,5-6,16,22-23H,4,7-12H2,1H3. The highest BCUT2D eigenvalue weighted by Gasteiger charge is 2.21. The molecule has 3 rings (SSSR count). The van der Waals surface area contributed by atoms with Crippen LogP contribution in [0.4, 0.5) is 5.88 Å². The summed E-state index contributed by atoms with van der Waals surface area (Å²) in [7, 11) is 1.99. The van der Waals surface area contributed by atoms with Crippen molar-refractivity contribution in [3.63, 3.8) is 0 Å². The molecule has 0 aliphatic carbocycles. The largest absolute Gasteiger partial charge is 0.446 e. The van der Waals surface area contributed by atoms with Crippen LogP contribution in [0.1, 0.15) is 12.2 Å². The molecule has 0 spiro atoms. The Labute approximate surface area is 154 Å². The van der Waals surface area contributed by atoms with Crippen molar-refractivity contribution in [1.29, 1.82) is 10.5 Å². The predicted molar refractivity (Wildman–Crippen MR) is 99.1 cm³/mol. The van der Waals surface area contributed by atoms with Gasteiger partial charge in [0.05, 0.1) is 0 Å². The number of hydrogen-bond acceptors (Lipinski definition) is 7. The van der Waals surface area contributed by atoms with E-state index in [1.165, 1.54) is 0 Å². The van der Waals surface area contributed by atoms with E-state index in [4.69, 9.17) is 14.9 Å². The van der Waals surface area contributed by atoms with E-state index in [-0.39, 0.29) is 5.57 Å². The first kappa shape index (κ1) is 17.9. The minimum Gasteiger partial charge on any atom is -0.446 e. The van der Waals surface area contributed by atoms with Crippen molar-refractivity contribution in [3.8, 4) is 12.1 Å². The molecule has 0 aromatic carbocycles. The summed E-state index contributed by atoms with van der Waals surface area (Å²) in [5.74, 6) is 2.46. The van der Waals surface area contributed by atoms with Crippen molar-refractivity contribution in [2.75, 3.05) is 44.7 Å². The lowest BCUT2D eigenvalue weighted by atomic mass is 10.1. The second kappa shape index (κ2) is 8.46. The molecule has 1 atom stereocenters. The number of likely N-dealkylation sites (N-methyl/N-ethyl adjacent to an activating group) is 1. The molecule has 0 amide bonds. The van der Waals surface area contributed by atoms with Crippen LogP contribution in [0.5, 0.6) is 0 Å². The van der Waals surface area contributed by atoms with Gasteiger partial charge in [-0.3, -0.25) is 0 Å².